The van der Waals surface area contributed by atoms with Crippen LogP contribution in [0.3, 0.4) is 0 Å². The molecule has 0 amide bonds. The Morgan fingerprint density at radius 2 is 1.00 bits per heavy atom. The predicted molar refractivity (Wildman–Crippen MR) is 118 cm³/mol. The SMILES string of the molecule is C[Si](C)(C1=[C]([Hf+2][C]2=C([Si](C)(C)N3CCCC3)C=CC2)CC=C1)N1CCCC1.[Br-].[Br-]. The van der Waals surface area contributed by atoms with Gasteiger partial charge in [0.1, 0.15) is 0 Å². The van der Waals surface area contributed by atoms with E-state index in [1.807, 2.05) is 17.1 Å². The second-order valence-electron chi connectivity index (χ2n) is 9.63. The van der Waals surface area contributed by atoms with Crippen LogP contribution in [0, 0.1) is 0 Å². The van der Waals surface area contributed by atoms with Crippen molar-refractivity contribution in [3.8, 4) is 0 Å². The van der Waals surface area contributed by atoms with E-state index in [4.69, 9.17) is 0 Å². The van der Waals surface area contributed by atoms with Crippen molar-refractivity contribution in [2.24, 2.45) is 0 Å². The van der Waals surface area contributed by atoms with Crippen LogP contribution in [0.4, 0.5) is 0 Å². The van der Waals surface area contributed by atoms with E-state index in [1.54, 1.807) is 0 Å². The van der Waals surface area contributed by atoms with Crippen molar-refractivity contribution < 1.29 is 56.9 Å². The molecular formula is C22H36Br2HfN2Si2. The van der Waals surface area contributed by atoms with Gasteiger partial charge in [-0.15, -0.1) is 0 Å². The molecule has 2 saturated heterocycles. The fourth-order valence-electron chi connectivity index (χ4n) is 5.47. The average Bonchev–Trinajstić information content (AvgIpc) is 3.40. The van der Waals surface area contributed by atoms with Crippen molar-refractivity contribution in [2.75, 3.05) is 26.2 Å². The fourth-order valence-corrected chi connectivity index (χ4v) is 23.8. The van der Waals surface area contributed by atoms with E-state index in [0.29, 0.717) is 0 Å². The molecule has 2 heterocycles. The number of hydrogen-bond acceptors (Lipinski definition) is 2. The second-order valence-corrected chi connectivity index (χ2v) is 23.4. The zero-order valence-corrected chi connectivity index (χ0v) is 27.3. The maximum absolute atomic E-state index is 2.88. The molecule has 4 aliphatic rings. The molecule has 7 heteroatoms. The summed E-state index contributed by atoms with van der Waals surface area (Å²) in [5.74, 6) is 0. The molecule has 0 spiro atoms. The third-order valence-electron chi connectivity index (χ3n) is 7.28. The van der Waals surface area contributed by atoms with Crippen molar-refractivity contribution in [2.45, 2.75) is 64.7 Å². The Morgan fingerprint density at radius 3 is 1.34 bits per heavy atom. The van der Waals surface area contributed by atoms with Crippen molar-refractivity contribution >= 4 is 16.5 Å². The van der Waals surface area contributed by atoms with E-state index in [0.717, 1.165) is 0 Å². The normalized spacial score (nSPS) is 23.0. The molecule has 2 aliphatic carbocycles. The number of hydrogen-bond donors (Lipinski definition) is 0. The first kappa shape index (κ1) is 26.4. The third kappa shape index (κ3) is 5.39. The molecule has 0 atom stereocenters. The smallest absolute Gasteiger partial charge is 1.00 e. The third-order valence-corrected chi connectivity index (χ3v) is 22.3. The van der Waals surface area contributed by atoms with Crippen LogP contribution < -0.4 is 34.0 Å². The van der Waals surface area contributed by atoms with E-state index >= 15 is 0 Å². The molecule has 0 aromatic heterocycles. The summed E-state index contributed by atoms with van der Waals surface area (Å²) in [5.41, 5.74) is 0. The zero-order valence-electron chi connectivity index (χ0n) is 18.5. The Morgan fingerprint density at radius 1 is 0.655 bits per heavy atom. The molecule has 2 aliphatic heterocycles. The van der Waals surface area contributed by atoms with Crippen molar-refractivity contribution in [3.05, 3.63) is 41.4 Å². The largest absolute Gasteiger partial charge is 1.00 e. The first-order valence-corrected chi connectivity index (χ1v) is 20.5. The second kappa shape index (κ2) is 10.8. The predicted octanol–water partition coefficient (Wildman–Crippen LogP) is -0.815. The summed E-state index contributed by atoms with van der Waals surface area (Å²) >= 11 is -0.905. The fraction of sp³-hybridized carbons (Fsp3) is 0.636. The minimum Gasteiger partial charge on any atom is -1.00 e. The molecule has 2 fully saturated rings. The molecule has 4 rings (SSSR count). The Labute approximate surface area is 213 Å². The van der Waals surface area contributed by atoms with Crippen LogP contribution in [0.5, 0.6) is 0 Å². The van der Waals surface area contributed by atoms with Gasteiger partial charge in [0, 0.05) is 0 Å². The quantitative estimate of drug-likeness (QED) is 0.332. The van der Waals surface area contributed by atoms with Crippen LogP contribution in [-0.2, 0) is 22.9 Å². The summed E-state index contributed by atoms with van der Waals surface area (Å²) in [7, 11) is -2.87. The van der Waals surface area contributed by atoms with Gasteiger partial charge >= 0.3 is 181 Å². The van der Waals surface area contributed by atoms with Crippen LogP contribution >= 0.6 is 0 Å². The summed E-state index contributed by atoms with van der Waals surface area (Å²) in [6, 6.07) is 0. The monoisotopic (exact) mass is 722 g/mol. The molecule has 0 saturated carbocycles. The minimum atomic E-state index is -1.43. The molecule has 0 aromatic carbocycles. The van der Waals surface area contributed by atoms with Crippen molar-refractivity contribution in [3.63, 3.8) is 0 Å². The molecular weight excluding hydrogens is 687 g/mol. The van der Waals surface area contributed by atoms with Gasteiger partial charge in [-0.3, -0.25) is 0 Å². The molecule has 0 radical (unpaired) electrons. The van der Waals surface area contributed by atoms with Gasteiger partial charge in [-0.05, 0) is 0 Å². The molecule has 0 aromatic rings. The van der Waals surface area contributed by atoms with Crippen LogP contribution in [0.15, 0.2) is 41.4 Å². The van der Waals surface area contributed by atoms with E-state index in [9.17, 15) is 0 Å². The standard InChI is InChI=1S/2C11H18NSi.2BrH.Hf/c2*1-13(2,11-7-3-4-8-11)12-9-5-6-10-12;;;/h2*3,7H,4-6,9-10H2,1-2H3;2*1H;/q;;;;+2/p-2. The van der Waals surface area contributed by atoms with Gasteiger partial charge in [-0.25, -0.2) is 0 Å². The molecule has 0 unspecified atom stereocenters. The number of nitrogens with zero attached hydrogens (tertiary/aromatic N) is 2. The number of halogens is 2. The first-order valence-electron chi connectivity index (χ1n) is 11.0. The Kier molecular flexibility index (Phi) is 9.87. The Bertz CT molecular complexity index is 656. The van der Waals surface area contributed by atoms with Gasteiger partial charge in [-0.1, -0.05) is 0 Å². The maximum atomic E-state index is 2.88. The topological polar surface area (TPSA) is 6.48 Å². The van der Waals surface area contributed by atoms with Crippen LogP contribution in [0.1, 0.15) is 38.5 Å². The van der Waals surface area contributed by atoms with Gasteiger partial charge in [-0.2, -0.15) is 0 Å². The minimum absolute atomic E-state index is 0. The Balaban J connectivity index is 0.00000150. The average molecular weight is 723 g/mol. The molecule has 160 valence electrons. The van der Waals surface area contributed by atoms with Crippen LogP contribution in [0.25, 0.3) is 0 Å². The van der Waals surface area contributed by atoms with Gasteiger partial charge in [0.25, 0.3) is 0 Å². The molecule has 29 heavy (non-hydrogen) atoms. The summed E-state index contributed by atoms with van der Waals surface area (Å²) < 4.78 is 9.65. The van der Waals surface area contributed by atoms with Gasteiger partial charge in [0.15, 0.2) is 0 Å². The summed E-state index contributed by atoms with van der Waals surface area (Å²) in [5, 5.41) is 3.68. The molecule has 2 nitrogen and oxygen atoms in total. The van der Waals surface area contributed by atoms with Crippen molar-refractivity contribution in [1.29, 1.82) is 0 Å². The van der Waals surface area contributed by atoms with Crippen LogP contribution in [0.2, 0.25) is 26.2 Å². The van der Waals surface area contributed by atoms with E-state index < -0.39 is 39.4 Å². The summed E-state index contributed by atoms with van der Waals surface area (Å²) in [4.78, 5) is 0. The summed E-state index contributed by atoms with van der Waals surface area (Å²) in [6.07, 6.45) is 18.3. The van der Waals surface area contributed by atoms with Crippen LogP contribution in [-0.4, -0.2) is 51.8 Å². The Hall–Kier alpha value is 1.14. The number of allylic oxidation sites excluding steroid dienone is 8. The van der Waals surface area contributed by atoms with Gasteiger partial charge in [0.05, 0.1) is 0 Å². The number of rotatable bonds is 6. The first-order chi connectivity index (χ1) is 12.9. The summed E-state index contributed by atoms with van der Waals surface area (Å²) in [6.45, 7) is 15.9. The van der Waals surface area contributed by atoms with E-state index in [2.05, 4.69) is 59.6 Å². The molecule has 0 bridgehead atoms. The van der Waals surface area contributed by atoms with E-state index in [-0.39, 0.29) is 34.0 Å². The maximum Gasteiger partial charge on any atom is -1.00 e. The van der Waals surface area contributed by atoms with Gasteiger partial charge < -0.3 is 34.0 Å². The molecule has 0 N–H and O–H groups in total. The van der Waals surface area contributed by atoms with E-state index in [1.165, 1.54) is 64.7 Å². The van der Waals surface area contributed by atoms with Crippen molar-refractivity contribution in [1.82, 2.24) is 9.13 Å². The zero-order chi connectivity index (χ0) is 19.1. The van der Waals surface area contributed by atoms with Gasteiger partial charge in [0.2, 0.25) is 0 Å².